The van der Waals surface area contributed by atoms with Gasteiger partial charge in [-0.25, -0.2) is 0 Å². The lowest BCUT2D eigenvalue weighted by Gasteiger charge is -2.33. The van der Waals surface area contributed by atoms with E-state index in [0.717, 1.165) is 0 Å². The second kappa shape index (κ2) is 5.01. The highest BCUT2D eigenvalue weighted by Crippen LogP contribution is 2.13. The highest BCUT2D eigenvalue weighted by atomic mass is 16.5. The predicted octanol–water partition coefficient (Wildman–Crippen LogP) is -0.133. The third kappa shape index (κ3) is 2.31. The minimum absolute atomic E-state index is 0.214. The standard InChI is InChI=1S/C11H14N2O4/c1-12-10(14)8-7-16-6-4-13(8)11(15)9-3-2-5-17-9/h2-3,5,8H,4,6-7H2,1H3,(H,12,14). The van der Waals surface area contributed by atoms with Crippen molar-refractivity contribution in [2.45, 2.75) is 6.04 Å². The first-order valence-corrected chi connectivity index (χ1v) is 5.38. The molecule has 1 N–H and O–H groups in total. The molecule has 0 saturated carbocycles. The van der Waals surface area contributed by atoms with Crippen molar-refractivity contribution in [1.82, 2.24) is 10.2 Å². The fourth-order valence-corrected chi connectivity index (χ4v) is 1.77. The SMILES string of the molecule is CNC(=O)C1COCCN1C(=O)c1ccco1. The average molecular weight is 238 g/mol. The van der Waals surface area contributed by atoms with Crippen molar-refractivity contribution in [2.75, 3.05) is 26.8 Å². The maximum Gasteiger partial charge on any atom is 0.290 e. The number of amides is 2. The lowest BCUT2D eigenvalue weighted by atomic mass is 10.2. The fraction of sp³-hybridized carbons (Fsp3) is 0.455. The number of carbonyl (C=O) groups is 2. The van der Waals surface area contributed by atoms with Gasteiger partial charge in [0.15, 0.2) is 5.76 Å². The first-order chi connectivity index (χ1) is 8.24. The number of nitrogens with zero attached hydrogens (tertiary/aromatic N) is 1. The molecule has 1 aliphatic heterocycles. The van der Waals surface area contributed by atoms with Crippen LogP contribution in [-0.2, 0) is 9.53 Å². The van der Waals surface area contributed by atoms with Crippen molar-refractivity contribution in [3.8, 4) is 0 Å². The van der Waals surface area contributed by atoms with Gasteiger partial charge in [-0.3, -0.25) is 9.59 Å². The largest absolute Gasteiger partial charge is 0.459 e. The highest BCUT2D eigenvalue weighted by Gasteiger charge is 2.33. The number of hydrogen-bond acceptors (Lipinski definition) is 4. The van der Waals surface area contributed by atoms with E-state index >= 15 is 0 Å². The van der Waals surface area contributed by atoms with Crippen LogP contribution in [0.3, 0.4) is 0 Å². The van der Waals surface area contributed by atoms with E-state index in [0.29, 0.717) is 13.2 Å². The number of rotatable bonds is 2. The molecule has 6 nitrogen and oxygen atoms in total. The first-order valence-electron chi connectivity index (χ1n) is 5.38. The van der Waals surface area contributed by atoms with Gasteiger partial charge in [0.05, 0.1) is 19.5 Å². The maximum absolute atomic E-state index is 12.1. The van der Waals surface area contributed by atoms with E-state index in [2.05, 4.69) is 5.32 Å². The number of ether oxygens (including phenoxy) is 1. The van der Waals surface area contributed by atoms with Gasteiger partial charge < -0.3 is 19.4 Å². The van der Waals surface area contributed by atoms with Crippen molar-refractivity contribution in [1.29, 1.82) is 0 Å². The minimum Gasteiger partial charge on any atom is -0.459 e. The summed E-state index contributed by atoms with van der Waals surface area (Å²) in [5.41, 5.74) is 0. The molecule has 1 aromatic rings. The van der Waals surface area contributed by atoms with Crippen molar-refractivity contribution in [3.63, 3.8) is 0 Å². The Morgan fingerprint density at radius 3 is 3.00 bits per heavy atom. The topological polar surface area (TPSA) is 71.8 Å². The maximum atomic E-state index is 12.1. The third-order valence-corrected chi connectivity index (χ3v) is 2.67. The van der Waals surface area contributed by atoms with Gasteiger partial charge in [0.25, 0.3) is 5.91 Å². The summed E-state index contributed by atoms with van der Waals surface area (Å²) in [6, 6.07) is 2.63. The molecule has 1 aromatic heterocycles. The number of furan rings is 1. The summed E-state index contributed by atoms with van der Waals surface area (Å²) in [5, 5.41) is 2.52. The molecule has 1 saturated heterocycles. The molecule has 1 fully saturated rings. The van der Waals surface area contributed by atoms with Gasteiger partial charge in [-0.05, 0) is 12.1 Å². The van der Waals surface area contributed by atoms with Crippen molar-refractivity contribution >= 4 is 11.8 Å². The van der Waals surface area contributed by atoms with Gasteiger partial charge in [-0.1, -0.05) is 0 Å². The van der Waals surface area contributed by atoms with E-state index in [1.807, 2.05) is 0 Å². The normalized spacial score (nSPS) is 20.1. The Morgan fingerprint density at radius 1 is 1.53 bits per heavy atom. The summed E-state index contributed by atoms with van der Waals surface area (Å²) < 4.78 is 10.3. The van der Waals surface area contributed by atoms with E-state index < -0.39 is 6.04 Å². The van der Waals surface area contributed by atoms with E-state index in [1.165, 1.54) is 18.2 Å². The van der Waals surface area contributed by atoms with Crippen LogP contribution in [0.4, 0.5) is 0 Å². The molecule has 0 aliphatic carbocycles. The van der Waals surface area contributed by atoms with Gasteiger partial charge in [0.1, 0.15) is 6.04 Å². The first kappa shape index (κ1) is 11.7. The zero-order chi connectivity index (χ0) is 12.3. The molecule has 17 heavy (non-hydrogen) atoms. The van der Waals surface area contributed by atoms with Gasteiger partial charge >= 0.3 is 0 Å². The highest BCUT2D eigenvalue weighted by molar-refractivity contribution is 5.95. The number of nitrogens with one attached hydrogen (secondary N) is 1. The van der Waals surface area contributed by atoms with Gasteiger partial charge in [-0.2, -0.15) is 0 Å². The number of hydrogen-bond donors (Lipinski definition) is 1. The van der Waals surface area contributed by atoms with Crippen molar-refractivity contribution < 1.29 is 18.7 Å². The molecule has 1 atom stereocenters. The smallest absolute Gasteiger partial charge is 0.290 e. The van der Waals surface area contributed by atoms with Crippen LogP contribution in [0.25, 0.3) is 0 Å². The van der Waals surface area contributed by atoms with Crippen molar-refractivity contribution in [3.05, 3.63) is 24.2 Å². The number of carbonyl (C=O) groups excluding carboxylic acids is 2. The summed E-state index contributed by atoms with van der Waals surface area (Å²) in [5.74, 6) is -0.280. The Labute approximate surface area is 98.5 Å². The van der Waals surface area contributed by atoms with E-state index in [-0.39, 0.29) is 24.2 Å². The summed E-state index contributed by atoms with van der Waals surface area (Å²) in [6.07, 6.45) is 1.43. The summed E-state index contributed by atoms with van der Waals surface area (Å²) in [4.78, 5) is 25.2. The summed E-state index contributed by atoms with van der Waals surface area (Å²) >= 11 is 0. The number of likely N-dealkylation sites (N-methyl/N-ethyl adjacent to an activating group) is 1. The van der Waals surface area contributed by atoms with Crippen LogP contribution >= 0.6 is 0 Å². The van der Waals surface area contributed by atoms with Gasteiger partial charge in [0, 0.05) is 13.6 Å². The predicted molar refractivity (Wildman–Crippen MR) is 58.4 cm³/mol. The number of morpholine rings is 1. The van der Waals surface area contributed by atoms with E-state index in [1.54, 1.807) is 12.1 Å². The summed E-state index contributed by atoms with van der Waals surface area (Å²) in [7, 11) is 1.53. The van der Waals surface area contributed by atoms with Crippen LogP contribution in [0, 0.1) is 0 Å². The molecule has 2 heterocycles. The molecule has 0 spiro atoms. The Balaban J connectivity index is 2.16. The molecule has 0 radical (unpaired) electrons. The monoisotopic (exact) mass is 238 g/mol. The molecule has 0 aromatic carbocycles. The third-order valence-electron chi connectivity index (χ3n) is 2.67. The van der Waals surface area contributed by atoms with Crippen LogP contribution in [-0.4, -0.2) is 49.6 Å². The molecule has 2 amide bonds. The molecule has 1 aliphatic rings. The van der Waals surface area contributed by atoms with E-state index in [4.69, 9.17) is 9.15 Å². The van der Waals surface area contributed by atoms with Crippen LogP contribution < -0.4 is 5.32 Å². The second-order valence-electron chi connectivity index (χ2n) is 3.68. The quantitative estimate of drug-likeness (QED) is 0.778. The second-order valence-corrected chi connectivity index (χ2v) is 3.68. The minimum atomic E-state index is -0.591. The Morgan fingerprint density at radius 2 is 2.35 bits per heavy atom. The zero-order valence-corrected chi connectivity index (χ0v) is 9.51. The van der Waals surface area contributed by atoms with Crippen LogP contribution in [0.15, 0.2) is 22.8 Å². The fourth-order valence-electron chi connectivity index (χ4n) is 1.77. The zero-order valence-electron chi connectivity index (χ0n) is 9.51. The Hall–Kier alpha value is -1.82. The molecule has 6 heteroatoms. The molecule has 92 valence electrons. The molecular formula is C11H14N2O4. The molecular weight excluding hydrogens is 224 g/mol. The lowest BCUT2D eigenvalue weighted by Crippen LogP contribution is -2.55. The van der Waals surface area contributed by atoms with Crippen LogP contribution in [0.2, 0.25) is 0 Å². The van der Waals surface area contributed by atoms with Gasteiger partial charge in [0.2, 0.25) is 5.91 Å². The Bertz CT molecular complexity index is 402. The molecule has 0 bridgehead atoms. The van der Waals surface area contributed by atoms with Gasteiger partial charge in [-0.15, -0.1) is 0 Å². The lowest BCUT2D eigenvalue weighted by molar-refractivity contribution is -0.130. The van der Waals surface area contributed by atoms with Crippen molar-refractivity contribution in [2.24, 2.45) is 0 Å². The summed E-state index contributed by atoms with van der Waals surface area (Å²) in [6.45, 7) is 1.03. The molecule has 2 rings (SSSR count). The molecule has 1 unspecified atom stereocenters. The Kier molecular flexibility index (Phi) is 3.43. The van der Waals surface area contributed by atoms with E-state index in [9.17, 15) is 9.59 Å². The van der Waals surface area contributed by atoms with Crippen LogP contribution in [0.1, 0.15) is 10.6 Å². The van der Waals surface area contributed by atoms with Crippen LogP contribution in [0.5, 0.6) is 0 Å². The average Bonchev–Trinajstić information content (AvgIpc) is 2.91.